The van der Waals surface area contributed by atoms with Crippen molar-refractivity contribution in [1.29, 1.82) is 0 Å². The lowest BCUT2D eigenvalue weighted by Gasteiger charge is -2.09. The minimum Gasteiger partial charge on any atom is -0.301 e. The van der Waals surface area contributed by atoms with Crippen LogP contribution in [0.3, 0.4) is 0 Å². The molecule has 0 fully saturated rings. The first-order chi connectivity index (χ1) is 32.7. The van der Waals surface area contributed by atoms with Gasteiger partial charge in [0.2, 0.25) is 11.9 Å². The second kappa shape index (κ2) is 14.4. The van der Waals surface area contributed by atoms with E-state index in [0.29, 0.717) is 11.9 Å². The summed E-state index contributed by atoms with van der Waals surface area (Å²) in [5.74, 6) is 1.23. The van der Waals surface area contributed by atoms with Crippen molar-refractivity contribution in [2.75, 3.05) is 0 Å². The lowest BCUT2D eigenvalue weighted by molar-refractivity contribution is 0.987. The number of para-hydroxylation sites is 2. The van der Waals surface area contributed by atoms with Crippen LogP contribution in [0.15, 0.2) is 213 Å². The zero-order chi connectivity index (χ0) is 43.3. The maximum atomic E-state index is 5.04. The van der Waals surface area contributed by atoms with Gasteiger partial charge >= 0.3 is 0 Å². The van der Waals surface area contributed by atoms with E-state index in [1.807, 2.05) is 72.5 Å². The molecule has 0 amide bonds. The van der Waals surface area contributed by atoms with Gasteiger partial charge in [0.05, 0.1) is 27.6 Å². The van der Waals surface area contributed by atoms with E-state index in [0.717, 1.165) is 82.7 Å². The van der Waals surface area contributed by atoms with Crippen LogP contribution in [0.5, 0.6) is 0 Å². The van der Waals surface area contributed by atoms with E-state index >= 15 is 0 Å². The van der Waals surface area contributed by atoms with Crippen LogP contribution in [0.2, 0.25) is 0 Å². The van der Waals surface area contributed by atoms with Crippen LogP contribution < -0.4 is 0 Å². The molecule has 0 bridgehead atoms. The molecule has 0 aliphatic heterocycles. The Labute approximate surface area is 381 Å². The van der Waals surface area contributed by atoms with Crippen LogP contribution >= 0.6 is 11.3 Å². The Balaban J connectivity index is 1.01. The number of hydrogen-bond acceptors (Lipinski definition) is 5. The summed E-state index contributed by atoms with van der Waals surface area (Å²) in [6.45, 7) is 0. The molecule has 66 heavy (non-hydrogen) atoms. The molecule has 0 N–H and O–H groups in total. The number of benzene rings is 8. The van der Waals surface area contributed by atoms with Gasteiger partial charge in [-0.3, -0.25) is 9.13 Å². The number of thiophene rings is 1. The molecule has 8 heteroatoms. The van der Waals surface area contributed by atoms with Crippen molar-refractivity contribution in [2.24, 2.45) is 0 Å². The molecule has 0 spiro atoms. The van der Waals surface area contributed by atoms with Crippen molar-refractivity contribution in [3.05, 3.63) is 213 Å². The third kappa shape index (κ3) is 5.55. The zero-order valence-electron chi connectivity index (χ0n) is 35.2. The molecule has 0 atom stereocenters. The van der Waals surface area contributed by atoms with E-state index in [-0.39, 0.29) is 0 Å². The molecule has 14 aromatic rings. The van der Waals surface area contributed by atoms with Crippen LogP contribution in [0.4, 0.5) is 0 Å². The zero-order valence-corrected chi connectivity index (χ0v) is 36.1. The van der Waals surface area contributed by atoms with Crippen molar-refractivity contribution in [1.82, 2.24) is 33.6 Å². The molecule has 0 saturated carbocycles. The van der Waals surface area contributed by atoms with E-state index in [2.05, 4.69) is 165 Å². The van der Waals surface area contributed by atoms with Gasteiger partial charge in [-0.05, 0) is 82.9 Å². The van der Waals surface area contributed by atoms with Crippen LogP contribution in [0.25, 0.3) is 126 Å². The summed E-state index contributed by atoms with van der Waals surface area (Å²) in [6.07, 6.45) is 7.69. The van der Waals surface area contributed by atoms with Gasteiger partial charge in [-0.25, -0.2) is 19.9 Å². The number of rotatable bonds is 6. The highest BCUT2D eigenvalue weighted by atomic mass is 32.1. The maximum Gasteiger partial charge on any atom is 0.234 e. The highest BCUT2D eigenvalue weighted by Crippen LogP contribution is 2.45. The standard InChI is InChI=1S/C58H35N7S/c1-4-14-36(15-5-1)40-32-59-57(60-33-40)64-49-22-12-10-20-43(49)46-30-53-47(31-52(46)64)45-28-38(24-26-50(45)65(53)58-61-34-41(35-62-58)37-16-6-2-7-17-37)39-25-27-51-48(29-39)55-44-21-11-13-23-54(44)66-56(55)63(51)42-18-8-3-9-19-42/h1-35H. The van der Waals surface area contributed by atoms with E-state index in [1.54, 1.807) is 0 Å². The fourth-order valence-electron chi connectivity index (χ4n) is 10.0. The molecular weight excluding hydrogens is 827 g/mol. The monoisotopic (exact) mass is 861 g/mol. The van der Waals surface area contributed by atoms with E-state index in [1.165, 1.54) is 31.2 Å². The minimum atomic E-state index is 0.612. The van der Waals surface area contributed by atoms with Gasteiger partial charge in [-0.2, -0.15) is 0 Å². The van der Waals surface area contributed by atoms with Gasteiger partial charge in [0.1, 0.15) is 4.83 Å². The van der Waals surface area contributed by atoms with Gasteiger partial charge in [0.15, 0.2) is 0 Å². The van der Waals surface area contributed by atoms with Crippen molar-refractivity contribution in [3.8, 4) is 51.0 Å². The topological polar surface area (TPSA) is 66.3 Å². The van der Waals surface area contributed by atoms with Crippen molar-refractivity contribution >= 4 is 86.2 Å². The Morgan fingerprint density at radius 3 is 1.36 bits per heavy atom. The maximum absolute atomic E-state index is 5.04. The molecule has 0 aliphatic rings. The van der Waals surface area contributed by atoms with Crippen LogP contribution in [0, 0.1) is 0 Å². The minimum absolute atomic E-state index is 0.612. The van der Waals surface area contributed by atoms with E-state index in [9.17, 15) is 0 Å². The van der Waals surface area contributed by atoms with Gasteiger partial charge < -0.3 is 4.57 Å². The molecule has 6 heterocycles. The predicted octanol–water partition coefficient (Wildman–Crippen LogP) is 14.8. The van der Waals surface area contributed by atoms with Gasteiger partial charge in [0, 0.05) is 84.0 Å². The predicted molar refractivity (Wildman–Crippen MR) is 272 cm³/mol. The second-order valence-electron chi connectivity index (χ2n) is 16.8. The van der Waals surface area contributed by atoms with Crippen molar-refractivity contribution in [3.63, 3.8) is 0 Å². The Morgan fingerprint density at radius 1 is 0.303 bits per heavy atom. The first-order valence-corrected chi connectivity index (χ1v) is 22.8. The summed E-state index contributed by atoms with van der Waals surface area (Å²) < 4.78 is 8.11. The highest BCUT2D eigenvalue weighted by molar-refractivity contribution is 7.25. The Hall–Kier alpha value is -8.72. The lowest BCUT2D eigenvalue weighted by atomic mass is 10.00. The van der Waals surface area contributed by atoms with Gasteiger partial charge in [0.25, 0.3) is 0 Å². The summed E-state index contributed by atoms with van der Waals surface area (Å²) >= 11 is 1.85. The first-order valence-electron chi connectivity index (χ1n) is 22.0. The smallest absolute Gasteiger partial charge is 0.234 e. The number of hydrogen-bond donors (Lipinski definition) is 0. The number of aromatic nitrogens is 7. The molecule has 8 aromatic carbocycles. The molecule has 7 nitrogen and oxygen atoms in total. The number of fused-ring (bicyclic) bond motifs is 11. The summed E-state index contributed by atoms with van der Waals surface area (Å²) in [5.41, 5.74) is 12.8. The van der Waals surface area contributed by atoms with Gasteiger partial charge in [-0.1, -0.05) is 127 Å². The highest BCUT2D eigenvalue weighted by Gasteiger charge is 2.22. The van der Waals surface area contributed by atoms with Crippen LogP contribution in [-0.4, -0.2) is 33.6 Å². The van der Waals surface area contributed by atoms with Crippen LogP contribution in [-0.2, 0) is 0 Å². The first kappa shape index (κ1) is 36.7. The Kier molecular flexibility index (Phi) is 8.02. The molecule has 0 aliphatic carbocycles. The SMILES string of the molecule is c1ccc(-c2cnc(-n3c4ccccc4c4cc5c(cc43)c3cc(-c4ccc6c(c4)c4c7ccccc7sc4n6-c4ccccc4)ccc3n5-c3ncc(-c4ccccc4)cn3)nc2)cc1. The normalized spacial score (nSPS) is 11.9. The summed E-state index contributed by atoms with van der Waals surface area (Å²) in [7, 11) is 0. The Bertz CT molecular complexity index is 4190. The molecule has 0 unspecified atom stereocenters. The summed E-state index contributed by atoms with van der Waals surface area (Å²) in [4.78, 5) is 21.3. The third-order valence-electron chi connectivity index (χ3n) is 13.1. The lowest BCUT2D eigenvalue weighted by Crippen LogP contribution is -2.01. The van der Waals surface area contributed by atoms with Crippen molar-refractivity contribution in [2.45, 2.75) is 0 Å². The van der Waals surface area contributed by atoms with Crippen LogP contribution in [0.1, 0.15) is 0 Å². The third-order valence-corrected chi connectivity index (χ3v) is 14.2. The largest absolute Gasteiger partial charge is 0.301 e. The van der Waals surface area contributed by atoms with Crippen molar-refractivity contribution < 1.29 is 0 Å². The fourth-order valence-corrected chi connectivity index (χ4v) is 11.3. The van der Waals surface area contributed by atoms with E-state index < -0.39 is 0 Å². The van der Waals surface area contributed by atoms with E-state index in [4.69, 9.17) is 19.9 Å². The summed E-state index contributed by atoms with van der Waals surface area (Å²) in [5, 5.41) is 8.21. The quantitative estimate of drug-likeness (QED) is 0.167. The molecule has 308 valence electrons. The molecular formula is C58H35N7S. The molecule has 14 rings (SSSR count). The summed E-state index contributed by atoms with van der Waals surface area (Å²) in [6, 6.07) is 66.9. The average Bonchev–Trinajstić information content (AvgIpc) is 4.12. The Morgan fingerprint density at radius 2 is 0.758 bits per heavy atom. The fraction of sp³-hybridized carbons (Fsp3) is 0. The average molecular weight is 862 g/mol. The second-order valence-corrected chi connectivity index (χ2v) is 17.8. The number of nitrogens with zero attached hydrogens (tertiary/aromatic N) is 7. The molecule has 0 radical (unpaired) electrons. The molecule has 0 saturated heterocycles. The van der Waals surface area contributed by atoms with Gasteiger partial charge in [-0.15, -0.1) is 11.3 Å². The molecule has 6 aromatic heterocycles.